The quantitative estimate of drug-likeness (QED) is 0.583. The van der Waals surface area contributed by atoms with Crippen LogP contribution in [-0.2, 0) is 19.1 Å². The van der Waals surface area contributed by atoms with Crippen molar-refractivity contribution in [3.8, 4) is 5.75 Å². The van der Waals surface area contributed by atoms with Crippen LogP contribution in [0.25, 0.3) is 0 Å². The highest BCUT2D eigenvalue weighted by Gasteiger charge is 2.35. The van der Waals surface area contributed by atoms with Crippen LogP contribution in [0.3, 0.4) is 0 Å². The van der Waals surface area contributed by atoms with Gasteiger partial charge in [-0.2, -0.15) is 0 Å². The molecule has 1 atom stereocenters. The van der Waals surface area contributed by atoms with Gasteiger partial charge in [0.1, 0.15) is 12.4 Å². The van der Waals surface area contributed by atoms with Gasteiger partial charge in [0.2, 0.25) is 5.91 Å². The zero-order valence-corrected chi connectivity index (χ0v) is 12.2. The van der Waals surface area contributed by atoms with Crippen molar-refractivity contribution in [2.75, 3.05) is 38.9 Å². The Hall–Kier alpha value is -2.08. The minimum Gasteiger partial charge on any atom is -0.491 e. The Morgan fingerprint density at radius 3 is 2.57 bits per heavy atom. The molecule has 1 aromatic carbocycles. The first-order valence-corrected chi connectivity index (χ1v) is 6.75. The average Bonchev–Trinajstić information content (AvgIpc) is 2.89. The maximum Gasteiger partial charge on any atom is 0.311 e. The number of esters is 1. The number of carbonyl (C=O) groups is 2. The average molecular weight is 293 g/mol. The van der Waals surface area contributed by atoms with E-state index in [0.29, 0.717) is 25.5 Å². The summed E-state index contributed by atoms with van der Waals surface area (Å²) in [4.78, 5) is 25.1. The highest BCUT2D eigenvalue weighted by molar-refractivity contribution is 5.99. The monoisotopic (exact) mass is 293 g/mol. The van der Waals surface area contributed by atoms with Crippen LogP contribution >= 0.6 is 0 Å². The molecule has 0 radical (unpaired) electrons. The molecule has 1 fully saturated rings. The van der Waals surface area contributed by atoms with Gasteiger partial charge in [0.15, 0.2) is 0 Å². The van der Waals surface area contributed by atoms with Gasteiger partial charge in [0.05, 0.1) is 19.6 Å². The van der Waals surface area contributed by atoms with E-state index in [0.717, 1.165) is 5.69 Å². The SMILES string of the molecule is COCCOc1ccc(N2CC(C(=O)OC)CC2=O)cc1. The number of hydrogen-bond donors (Lipinski definition) is 0. The molecule has 0 N–H and O–H groups in total. The van der Waals surface area contributed by atoms with Gasteiger partial charge < -0.3 is 19.1 Å². The second-order valence-electron chi connectivity index (χ2n) is 4.76. The number of carbonyl (C=O) groups excluding carboxylic acids is 2. The zero-order valence-electron chi connectivity index (χ0n) is 12.2. The van der Waals surface area contributed by atoms with Gasteiger partial charge >= 0.3 is 5.97 Å². The van der Waals surface area contributed by atoms with Crippen molar-refractivity contribution < 1.29 is 23.8 Å². The summed E-state index contributed by atoms with van der Waals surface area (Å²) in [6.07, 6.45) is 0.193. The standard InChI is InChI=1S/C15H19NO5/c1-19-7-8-21-13-5-3-12(4-6-13)16-10-11(9-14(16)17)15(18)20-2/h3-6,11H,7-10H2,1-2H3. The van der Waals surface area contributed by atoms with Crippen LogP contribution in [0.2, 0.25) is 0 Å². The lowest BCUT2D eigenvalue weighted by Crippen LogP contribution is -2.26. The lowest BCUT2D eigenvalue weighted by Gasteiger charge is -2.17. The van der Waals surface area contributed by atoms with Crippen LogP contribution in [0.1, 0.15) is 6.42 Å². The van der Waals surface area contributed by atoms with Crippen molar-refractivity contribution in [1.29, 1.82) is 0 Å². The van der Waals surface area contributed by atoms with Crippen LogP contribution in [0.4, 0.5) is 5.69 Å². The van der Waals surface area contributed by atoms with Gasteiger partial charge in [-0.15, -0.1) is 0 Å². The Labute approximate surface area is 123 Å². The largest absolute Gasteiger partial charge is 0.491 e. The molecular weight excluding hydrogens is 274 g/mol. The van der Waals surface area contributed by atoms with Gasteiger partial charge in [0, 0.05) is 25.8 Å². The zero-order chi connectivity index (χ0) is 15.2. The summed E-state index contributed by atoms with van der Waals surface area (Å²) in [5, 5.41) is 0. The van der Waals surface area contributed by atoms with Crippen LogP contribution in [0.15, 0.2) is 24.3 Å². The summed E-state index contributed by atoms with van der Waals surface area (Å²) in [5.41, 5.74) is 0.755. The van der Waals surface area contributed by atoms with E-state index in [1.54, 1.807) is 36.3 Å². The van der Waals surface area contributed by atoms with E-state index in [2.05, 4.69) is 0 Å². The molecule has 6 heteroatoms. The molecule has 21 heavy (non-hydrogen) atoms. The highest BCUT2D eigenvalue weighted by atomic mass is 16.5. The molecular formula is C15H19NO5. The molecule has 1 aliphatic rings. The molecule has 114 valence electrons. The van der Waals surface area contributed by atoms with Crippen molar-refractivity contribution in [1.82, 2.24) is 0 Å². The van der Waals surface area contributed by atoms with Gasteiger partial charge in [-0.3, -0.25) is 9.59 Å². The maximum absolute atomic E-state index is 12.0. The highest BCUT2D eigenvalue weighted by Crippen LogP contribution is 2.27. The molecule has 0 saturated carbocycles. The molecule has 1 heterocycles. The Kier molecular flexibility index (Phi) is 5.16. The van der Waals surface area contributed by atoms with Crippen LogP contribution < -0.4 is 9.64 Å². The lowest BCUT2D eigenvalue weighted by molar-refractivity contribution is -0.145. The van der Waals surface area contributed by atoms with E-state index in [1.807, 2.05) is 0 Å². The molecule has 0 aliphatic carbocycles. The molecule has 1 aromatic rings. The Bertz CT molecular complexity index is 499. The topological polar surface area (TPSA) is 65.1 Å². The predicted molar refractivity (Wildman–Crippen MR) is 76.3 cm³/mol. The van der Waals surface area contributed by atoms with E-state index in [1.165, 1.54) is 7.11 Å². The third kappa shape index (κ3) is 3.72. The molecule has 0 aromatic heterocycles. The Morgan fingerprint density at radius 2 is 1.95 bits per heavy atom. The number of anilines is 1. The predicted octanol–water partition coefficient (Wildman–Crippen LogP) is 1.24. The molecule has 1 saturated heterocycles. The number of nitrogens with zero attached hydrogens (tertiary/aromatic N) is 1. The van der Waals surface area contributed by atoms with Crippen LogP contribution in [0, 0.1) is 5.92 Å². The molecule has 0 spiro atoms. The minimum absolute atomic E-state index is 0.0709. The second-order valence-corrected chi connectivity index (χ2v) is 4.76. The van der Waals surface area contributed by atoms with Crippen LogP contribution in [-0.4, -0.2) is 45.9 Å². The smallest absolute Gasteiger partial charge is 0.311 e. The minimum atomic E-state index is -0.389. The number of benzene rings is 1. The maximum atomic E-state index is 12.0. The first kappa shape index (κ1) is 15.3. The number of amides is 1. The third-order valence-electron chi connectivity index (χ3n) is 3.36. The fraction of sp³-hybridized carbons (Fsp3) is 0.467. The summed E-state index contributed by atoms with van der Waals surface area (Å²) in [6.45, 7) is 1.35. The van der Waals surface area contributed by atoms with Gasteiger partial charge in [0.25, 0.3) is 0 Å². The molecule has 1 amide bonds. The van der Waals surface area contributed by atoms with E-state index < -0.39 is 0 Å². The first-order chi connectivity index (χ1) is 10.2. The van der Waals surface area contributed by atoms with E-state index in [4.69, 9.17) is 14.2 Å². The number of methoxy groups -OCH3 is 2. The van der Waals surface area contributed by atoms with Gasteiger partial charge in [-0.05, 0) is 24.3 Å². The van der Waals surface area contributed by atoms with Crippen molar-refractivity contribution in [3.63, 3.8) is 0 Å². The molecule has 1 unspecified atom stereocenters. The van der Waals surface area contributed by atoms with Gasteiger partial charge in [-0.25, -0.2) is 0 Å². The fourth-order valence-corrected chi connectivity index (χ4v) is 2.25. The number of hydrogen-bond acceptors (Lipinski definition) is 5. The normalized spacial score (nSPS) is 17.9. The van der Waals surface area contributed by atoms with E-state index in [-0.39, 0.29) is 24.2 Å². The third-order valence-corrected chi connectivity index (χ3v) is 3.36. The summed E-state index contributed by atoms with van der Waals surface area (Å²) in [6, 6.07) is 7.20. The summed E-state index contributed by atoms with van der Waals surface area (Å²) < 4.78 is 15.1. The second kappa shape index (κ2) is 7.08. The van der Waals surface area contributed by atoms with Crippen molar-refractivity contribution in [2.45, 2.75) is 6.42 Å². The lowest BCUT2D eigenvalue weighted by atomic mass is 10.1. The molecule has 6 nitrogen and oxygen atoms in total. The molecule has 2 rings (SSSR count). The Morgan fingerprint density at radius 1 is 1.24 bits per heavy atom. The first-order valence-electron chi connectivity index (χ1n) is 6.75. The summed E-state index contributed by atoms with van der Waals surface area (Å²) in [5.74, 6) is -0.0871. The summed E-state index contributed by atoms with van der Waals surface area (Å²) in [7, 11) is 2.95. The van der Waals surface area contributed by atoms with Gasteiger partial charge in [-0.1, -0.05) is 0 Å². The number of rotatable bonds is 6. The Balaban J connectivity index is 1.98. The van der Waals surface area contributed by atoms with E-state index >= 15 is 0 Å². The number of ether oxygens (including phenoxy) is 3. The van der Waals surface area contributed by atoms with Crippen LogP contribution in [0.5, 0.6) is 5.75 Å². The molecule has 1 aliphatic heterocycles. The van der Waals surface area contributed by atoms with Crippen molar-refractivity contribution in [2.24, 2.45) is 5.92 Å². The van der Waals surface area contributed by atoms with Crippen molar-refractivity contribution in [3.05, 3.63) is 24.3 Å². The van der Waals surface area contributed by atoms with Crippen molar-refractivity contribution >= 4 is 17.6 Å². The fourth-order valence-electron chi connectivity index (χ4n) is 2.25. The van der Waals surface area contributed by atoms with E-state index in [9.17, 15) is 9.59 Å². The molecule has 0 bridgehead atoms. The summed E-state index contributed by atoms with van der Waals surface area (Å²) >= 11 is 0.